The highest BCUT2D eigenvalue weighted by Crippen LogP contribution is 2.46. The molecule has 0 radical (unpaired) electrons. The summed E-state index contributed by atoms with van der Waals surface area (Å²) >= 11 is 30.9. The van der Waals surface area contributed by atoms with E-state index in [-0.39, 0.29) is 0 Å². The summed E-state index contributed by atoms with van der Waals surface area (Å²) in [5.41, 5.74) is 16.2. The first-order valence-corrected chi connectivity index (χ1v) is 44.8. The van der Waals surface area contributed by atoms with E-state index in [0.29, 0.717) is 74.9 Å². The van der Waals surface area contributed by atoms with Crippen LogP contribution in [0.4, 0.5) is 0 Å². The van der Waals surface area contributed by atoms with Crippen molar-refractivity contribution in [3.8, 4) is 22.5 Å². The zero-order valence-electron chi connectivity index (χ0n) is 68.4. The Balaban J connectivity index is 0.0000000879. The molecule has 0 unspecified atom stereocenters. The molecule has 132 heavy (non-hydrogen) atoms. The van der Waals surface area contributed by atoms with Gasteiger partial charge in [0.15, 0.2) is 0 Å². The van der Waals surface area contributed by atoms with Crippen LogP contribution in [0.5, 0.6) is 0 Å². The van der Waals surface area contributed by atoms with Crippen LogP contribution in [0.3, 0.4) is 0 Å². The molecule has 12 heterocycles. The molecule has 17 aromatic carbocycles. The fourth-order valence-corrected chi connectivity index (χ4v) is 19.0. The number of furan rings is 6. The molecule has 18 nitrogen and oxygen atoms in total. The standard InChI is InChI=1S/C24H13ClN2O.C20H11ClN2O.C18H9BrN2O.C18H9ClN2O.C14H7BrN2O.C14H7ClN2O/c25-15-7-5-6-14(12-15)20-13-26-24-22(27-20)21-18-10-3-1-8-16(18)17-9-2-4-11-19(17)23(21)28-24;21-14-6-3-5-13(10-14)17-11-22-20-18(23-17)16-9-8-12-4-1-2-7-15(12)19(16)24-20;2*19-14-9-20-18-16(21-14)15-12-7-3-1-5-10(12)11-6-2-4-8-13(11)17(15)22-18;2*15-11-7-16-14-12(17-11)10-6-5-8-3-1-2-4-9(8)13(10)18-14/h1-13H;1-11H;2*1-9H;2*1-7H. The van der Waals surface area contributed by atoms with E-state index in [1.54, 1.807) is 24.8 Å². The van der Waals surface area contributed by atoms with Crippen LogP contribution >= 0.6 is 78.3 Å². The molecule has 0 bridgehead atoms. The number of halogens is 6. The fraction of sp³-hybridized carbons (Fsp3) is 0. The van der Waals surface area contributed by atoms with Crippen molar-refractivity contribution in [3.63, 3.8) is 0 Å². The van der Waals surface area contributed by atoms with Gasteiger partial charge in [0.1, 0.15) is 86.1 Å². The number of benzene rings is 17. The number of hydrogen-bond donors (Lipinski definition) is 0. The van der Waals surface area contributed by atoms with Crippen molar-refractivity contribution in [2.24, 2.45) is 0 Å². The average Bonchev–Trinajstić information content (AvgIpc) is 1.56. The average molecular weight is 1920 g/mol. The highest BCUT2D eigenvalue weighted by atomic mass is 79.9. The van der Waals surface area contributed by atoms with E-state index in [9.17, 15) is 0 Å². The van der Waals surface area contributed by atoms with Gasteiger partial charge in [-0.15, -0.1) is 0 Å². The summed E-state index contributed by atoms with van der Waals surface area (Å²) in [5.74, 6) is 0. The zero-order valence-corrected chi connectivity index (χ0v) is 74.6. The Morgan fingerprint density at radius 2 is 0.455 bits per heavy atom. The first-order chi connectivity index (χ1) is 64.9. The molecule has 0 atom stereocenters. The topological polar surface area (TPSA) is 234 Å². The Hall–Kier alpha value is -15.5. The summed E-state index contributed by atoms with van der Waals surface area (Å²) in [6.45, 7) is 0. The molecule has 0 amide bonds. The van der Waals surface area contributed by atoms with E-state index in [1.807, 2.05) is 158 Å². The van der Waals surface area contributed by atoms with Crippen LogP contribution < -0.4 is 0 Å². The summed E-state index contributed by atoms with van der Waals surface area (Å²) in [4.78, 5) is 53.5. The monoisotopic (exact) mass is 1910 g/mol. The minimum absolute atomic E-state index is 0.368. The van der Waals surface area contributed by atoms with Crippen LogP contribution in [0.15, 0.2) is 376 Å². The number of hydrogen-bond acceptors (Lipinski definition) is 18. The summed E-state index contributed by atoms with van der Waals surface area (Å²) < 4.78 is 37.2. The third-order valence-corrected chi connectivity index (χ3v) is 25.1. The summed E-state index contributed by atoms with van der Waals surface area (Å²) in [6, 6.07) is 102. The molecule has 0 aliphatic heterocycles. The molecule has 12 aromatic heterocycles. The molecule has 0 saturated heterocycles. The zero-order chi connectivity index (χ0) is 88.3. The van der Waals surface area contributed by atoms with Gasteiger partial charge in [-0.2, -0.15) is 0 Å². The minimum Gasteiger partial charge on any atom is -0.436 e. The van der Waals surface area contributed by atoms with Gasteiger partial charge in [-0.3, -0.25) is 0 Å². The van der Waals surface area contributed by atoms with Gasteiger partial charge >= 0.3 is 0 Å². The maximum Gasteiger partial charge on any atom is 0.246 e. The normalized spacial score (nSPS) is 11.7. The first kappa shape index (κ1) is 79.8. The van der Waals surface area contributed by atoms with Crippen LogP contribution in [0.1, 0.15) is 0 Å². The molecular weight excluding hydrogens is 1860 g/mol. The van der Waals surface area contributed by atoms with Crippen LogP contribution in [-0.2, 0) is 0 Å². The molecule has 0 saturated carbocycles. The molecule has 0 aliphatic rings. The predicted molar refractivity (Wildman–Crippen MR) is 540 cm³/mol. The Morgan fingerprint density at radius 3 is 0.826 bits per heavy atom. The third kappa shape index (κ3) is 14.0. The lowest BCUT2D eigenvalue weighted by atomic mass is 9.98. The molecule has 24 heteroatoms. The second kappa shape index (κ2) is 32.9. The van der Waals surface area contributed by atoms with Crippen molar-refractivity contribution in [1.82, 2.24) is 59.8 Å². The Labute approximate surface area is 781 Å². The second-order valence-corrected chi connectivity index (χ2v) is 34.5. The van der Waals surface area contributed by atoms with E-state index < -0.39 is 0 Å². The molecule has 29 aromatic rings. The van der Waals surface area contributed by atoms with Gasteiger partial charge in [0.05, 0.1) is 64.7 Å². The van der Waals surface area contributed by atoms with Crippen LogP contribution in [0.25, 0.3) is 253 Å². The van der Waals surface area contributed by atoms with E-state index >= 15 is 0 Å². The lowest BCUT2D eigenvalue weighted by Gasteiger charge is -2.05. The van der Waals surface area contributed by atoms with Crippen molar-refractivity contribution >= 4 is 308 Å². The van der Waals surface area contributed by atoms with Crippen LogP contribution in [0, 0.1) is 0 Å². The Bertz CT molecular complexity index is 9470. The van der Waals surface area contributed by atoms with Gasteiger partial charge in [-0.05, 0) is 139 Å². The summed E-state index contributed by atoms with van der Waals surface area (Å²) in [6.07, 6.45) is 9.77. The van der Waals surface area contributed by atoms with Crippen molar-refractivity contribution in [3.05, 3.63) is 370 Å². The highest BCUT2D eigenvalue weighted by Gasteiger charge is 2.24. The molecule has 0 N–H and O–H groups in total. The van der Waals surface area contributed by atoms with Crippen molar-refractivity contribution in [1.29, 1.82) is 0 Å². The van der Waals surface area contributed by atoms with E-state index in [0.717, 1.165) is 180 Å². The quantitative estimate of drug-likeness (QED) is 0.146. The van der Waals surface area contributed by atoms with Crippen LogP contribution in [-0.4, -0.2) is 59.8 Å². The second-order valence-electron chi connectivity index (χ2n) is 31.2. The van der Waals surface area contributed by atoms with Crippen molar-refractivity contribution in [2.45, 2.75) is 0 Å². The first-order valence-electron chi connectivity index (χ1n) is 41.7. The molecule has 29 rings (SSSR count). The van der Waals surface area contributed by atoms with Gasteiger partial charge in [-0.1, -0.05) is 307 Å². The molecular formula is C108H56Br2Cl4N12O6. The smallest absolute Gasteiger partial charge is 0.246 e. The number of fused-ring (bicyclic) bond motifs is 39. The number of nitrogens with zero attached hydrogens (tertiary/aromatic N) is 12. The summed E-state index contributed by atoms with van der Waals surface area (Å²) in [5, 5.41) is 28.3. The number of rotatable bonds is 2. The fourth-order valence-electron chi connectivity index (χ4n) is 17.8. The van der Waals surface area contributed by atoms with Gasteiger partial charge in [0, 0.05) is 69.6 Å². The largest absolute Gasteiger partial charge is 0.436 e. The third-order valence-electron chi connectivity index (χ3n) is 23.5. The van der Waals surface area contributed by atoms with E-state index in [1.165, 1.54) is 39.3 Å². The van der Waals surface area contributed by atoms with E-state index in [2.05, 4.69) is 227 Å². The number of aromatic nitrogens is 12. The van der Waals surface area contributed by atoms with Crippen LogP contribution in [0.2, 0.25) is 20.4 Å². The lowest BCUT2D eigenvalue weighted by Crippen LogP contribution is -1.87. The molecule has 0 spiro atoms. The Morgan fingerprint density at radius 1 is 0.197 bits per heavy atom. The highest BCUT2D eigenvalue weighted by molar-refractivity contribution is 9.10. The van der Waals surface area contributed by atoms with Gasteiger partial charge < -0.3 is 26.5 Å². The SMILES string of the molecule is Brc1cnc2oc3c4ccccc4c4ccccc4c3c2n1.Brc1cnc2oc3c4ccccc4ccc3c2n1.Clc1cccc(-c2cnc3oc4c5ccccc5c5ccccc5c4c3n2)c1.Clc1cccc(-c2cnc3oc4c5ccccc5ccc4c3n2)c1.Clc1cnc2oc3c4ccccc4c4ccccc4c3c2n1.Clc1cnc2oc3c4ccccc4ccc3c2n1. The maximum atomic E-state index is 6.19. The van der Waals surface area contributed by atoms with E-state index in [4.69, 9.17) is 82.9 Å². The van der Waals surface area contributed by atoms with Gasteiger partial charge in [0.2, 0.25) is 34.3 Å². The van der Waals surface area contributed by atoms with Crippen molar-refractivity contribution in [2.75, 3.05) is 0 Å². The van der Waals surface area contributed by atoms with Gasteiger partial charge in [0.25, 0.3) is 0 Å². The van der Waals surface area contributed by atoms with Crippen molar-refractivity contribution < 1.29 is 26.5 Å². The maximum absolute atomic E-state index is 6.19. The molecule has 626 valence electrons. The Kier molecular flexibility index (Phi) is 19.9. The lowest BCUT2D eigenvalue weighted by molar-refractivity contribution is 0.655. The molecule has 0 aliphatic carbocycles. The predicted octanol–water partition coefficient (Wildman–Crippen LogP) is 32.1. The molecule has 0 fully saturated rings. The summed E-state index contributed by atoms with van der Waals surface area (Å²) in [7, 11) is 0. The minimum atomic E-state index is 0.368. The van der Waals surface area contributed by atoms with Gasteiger partial charge in [-0.25, -0.2) is 59.8 Å².